The van der Waals surface area contributed by atoms with E-state index in [1.807, 2.05) is 30.5 Å². The Morgan fingerprint density at radius 3 is 2.47 bits per heavy atom. The number of halogens is 2. The molecule has 0 saturated heterocycles. The predicted octanol–water partition coefficient (Wildman–Crippen LogP) is 4.28. The first-order valence-corrected chi connectivity index (χ1v) is 7.04. The second-order valence-electron chi connectivity index (χ2n) is 4.31. The second kappa shape index (κ2) is 6.90. The predicted molar refractivity (Wildman–Crippen MR) is 80.8 cm³/mol. The summed E-state index contributed by atoms with van der Waals surface area (Å²) in [4.78, 5) is 4.14. The lowest BCUT2D eigenvalue weighted by Crippen LogP contribution is -2.23. The van der Waals surface area contributed by atoms with Crippen LogP contribution in [0.15, 0.2) is 42.7 Å². The number of benzene rings is 1. The van der Waals surface area contributed by atoms with Gasteiger partial charge in [-0.25, -0.2) is 0 Å². The zero-order valence-electron chi connectivity index (χ0n) is 10.7. The van der Waals surface area contributed by atoms with Crippen molar-refractivity contribution in [3.05, 3.63) is 63.9 Å². The third-order valence-corrected chi connectivity index (χ3v) is 3.62. The Balaban J connectivity index is 2.30. The average molecular weight is 295 g/mol. The van der Waals surface area contributed by atoms with E-state index in [-0.39, 0.29) is 6.04 Å². The van der Waals surface area contributed by atoms with Crippen LogP contribution in [-0.4, -0.2) is 11.5 Å². The number of pyridine rings is 1. The van der Waals surface area contributed by atoms with E-state index in [4.69, 9.17) is 23.2 Å². The minimum absolute atomic E-state index is 0.0930. The number of likely N-dealkylation sites (N-methyl/N-ethyl adjacent to an activating group) is 1. The molecule has 2 nitrogen and oxygen atoms in total. The monoisotopic (exact) mass is 294 g/mol. The summed E-state index contributed by atoms with van der Waals surface area (Å²) in [6.07, 6.45) is 4.45. The fourth-order valence-electron chi connectivity index (χ4n) is 2.12. The van der Waals surface area contributed by atoms with Crippen molar-refractivity contribution in [3.63, 3.8) is 0 Å². The van der Waals surface area contributed by atoms with Gasteiger partial charge in [-0.3, -0.25) is 4.98 Å². The van der Waals surface area contributed by atoms with Gasteiger partial charge in [0.2, 0.25) is 0 Å². The fourth-order valence-corrected chi connectivity index (χ4v) is 2.78. The zero-order chi connectivity index (χ0) is 13.7. The van der Waals surface area contributed by atoms with Gasteiger partial charge in [-0.2, -0.15) is 0 Å². The van der Waals surface area contributed by atoms with E-state index in [9.17, 15) is 0 Å². The highest BCUT2D eigenvalue weighted by Gasteiger charge is 2.17. The summed E-state index contributed by atoms with van der Waals surface area (Å²) in [5.74, 6) is 0. The topological polar surface area (TPSA) is 24.9 Å². The van der Waals surface area contributed by atoms with Crippen molar-refractivity contribution < 1.29 is 0 Å². The standard InChI is InChI=1S/C15H16Cl2N2/c1-2-19-14(9-11-5-4-8-18-10-11)15-12(16)6-3-7-13(15)17/h3-8,10,14,19H,2,9H2,1H3. The first-order chi connectivity index (χ1) is 9.22. The van der Waals surface area contributed by atoms with Crippen LogP contribution in [0.4, 0.5) is 0 Å². The maximum absolute atomic E-state index is 6.29. The zero-order valence-corrected chi connectivity index (χ0v) is 12.2. The highest BCUT2D eigenvalue weighted by Crippen LogP contribution is 2.32. The molecule has 2 rings (SSSR count). The molecule has 0 amide bonds. The molecular formula is C15H16Cl2N2. The van der Waals surface area contributed by atoms with E-state index in [2.05, 4.69) is 23.3 Å². The van der Waals surface area contributed by atoms with Crippen molar-refractivity contribution >= 4 is 23.2 Å². The largest absolute Gasteiger partial charge is 0.310 e. The molecule has 1 heterocycles. The second-order valence-corrected chi connectivity index (χ2v) is 5.13. The normalized spacial score (nSPS) is 12.4. The van der Waals surface area contributed by atoms with Gasteiger partial charge in [-0.1, -0.05) is 42.3 Å². The smallest absolute Gasteiger partial charge is 0.0468 e. The van der Waals surface area contributed by atoms with Crippen molar-refractivity contribution in [1.29, 1.82) is 0 Å². The van der Waals surface area contributed by atoms with Gasteiger partial charge in [0.1, 0.15) is 0 Å². The van der Waals surface area contributed by atoms with E-state index < -0.39 is 0 Å². The molecule has 1 atom stereocenters. The van der Waals surface area contributed by atoms with Crippen molar-refractivity contribution in [3.8, 4) is 0 Å². The van der Waals surface area contributed by atoms with E-state index in [0.29, 0.717) is 10.0 Å². The quantitative estimate of drug-likeness (QED) is 0.890. The molecule has 0 radical (unpaired) electrons. The first kappa shape index (κ1) is 14.3. The molecule has 1 aromatic carbocycles. The van der Waals surface area contributed by atoms with Gasteiger partial charge >= 0.3 is 0 Å². The van der Waals surface area contributed by atoms with Gasteiger partial charge < -0.3 is 5.32 Å². The highest BCUT2D eigenvalue weighted by atomic mass is 35.5. The number of nitrogens with one attached hydrogen (secondary N) is 1. The molecule has 0 aliphatic rings. The Morgan fingerprint density at radius 1 is 1.16 bits per heavy atom. The van der Waals surface area contributed by atoms with Crippen LogP contribution in [0, 0.1) is 0 Å². The summed E-state index contributed by atoms with van der Waals surface area (Å²) in [7, 11) is 0. The van der Waals surface area contributed by atoms with Crippen LogP contribution in [0.2, 0.25) is 10.0 Å². The summed E-state index contributed by atoms with van der Waals surface area (Å²) >= 11 is 12.6. The van der Waals surface area contributed by atoms with Crippen LogP contribution >= 0.6 is 23.2 Å². The fraction of sp³-hybridized carbons (Fsp3) is 0.267. The molecule has 1 unspecified atom stereocenters. The molecule has 1 aromatic heterocycles. The Morgan fingerprint density at radius 2 is 1.89 bits per heavy atom. The number of nitrogens with zero attached hydrogens (tertiary/aromatic N) is 1. The van der Waals surface area contributed by atoms with Crippen molar-refractivity contribution in [2.75, 3.05) is 6.54 Å². The van der Waals surface area contributed by atoms with Gasteiger partial charge in [0.25, 0.3) is 0 Å². The summed E-state index contributed by atoms with van der Waals surface area (Å²) < 4.78 is 0. The average Bonchev–Trinajstić information content (AvgIpc) is 2.40. The van der Waals surface area contributed by atoms with Gasteiger partial charge in [0.05, 0.1) is 0 Å². The minimum atomic E-state index is 0.0930. The third kappa shape index (κ3) is 3.69. The van der Waals surface area contributed by atoms with Crippen LogP contribution in [0.3, 0.4) is 0 Å². The molecule has 1 N–H and O–H groups in total. The molecule has 0 spiro atoms. The van der Waals surface area contributed by atoms with Gasteiger partial charge in [0, 0.05) is 34.0 Å². The minimum Gasteiger partial charge on any atom is -0.310 e. The molecular weight excluding hydrogens is 279 g/mol. The summed E-state index contributed by atoms with van der Waals surface area (Å²) in [5, 5.41) is 4.83. The molecule has 0 bridgehead atoms. The lowest BCUT2D eigenvalue weighted by Gasteiger charge is -2.20. The molecule has 0 fully saturated rings. The maximum atomic E-state index is 6.29. The molecule has 4 heteroatoms. The first-order valence-electron chi connectivity index (χ1n) is 6.28. The van der Waals surface area contributed by atoms with Gasteiger partial charge in [0.15, 0.2) is 0 Å². The molecule has 0 aliphatic carbocycles. The number of hydrogen-bond donors (Lipinski definition) is 1. The molecule has 0 aliphatic heterocycles. The molecule has 2 aromatic rings. The lowest BCUT2D eigenvalue weighted by atomic mass is 9.99. The highest BCUT2D eigenvalue weighted by molar-refractivity contribution is 6.36. The summed E-state index contributed by atoms with van der Waals surface area (Å²) in [6.45, 7) is 2.92. The van der Waals surface area contributed by atoms with E-state index in [1.54, 1.807) is 6.20 Å². The van der Waals surface area contributed by atoms with E-state index in [1.165, 1.54) is 0 Å². The van der Waals surface area contributed by atoms with E-state index >= 15 is 0 Å². The SMILES string of the molecule is CCNC(Cc1cccnc1)c1c(Cl)cccc1Cl. The Bertz CT molecular complexity index is 509. The molecule has 19 heavy (non-hydrogen) atoms. The number of rotatable bonds is 5. The molecule has 0 saturated carbocycles. The van der Waals surface area contributed by atoms with E-state index in [0.717, 1.165) is 24.1 Å². The van der Waals surface area contributed by atoms with Gasteiger partial charge in [-0.05, 0) is 36.7 Å². The van der Waals surface area contributed by atoms with Gasteiger partial charge in [-0.15, -0.1) is 0 Å². The Hall–Kier alpha value is -1.09. The summed E-state index contributed by atoms with van der Waals surface area (Å²) in [5.41, 5.74) is 2.11. The summed E-state index contributed by atoms with van der Waals surface area (Å²) in [6, 6.07) is 9.69. The van der Waals surface area contributed by atoms with Crippen LogP contribution < -0.4 is 5.32 Å². The lowest BCUT2D eigenvalue weighted by molar-refractivity contribution is 0.549. The van der Waals surface area contributed by atoms with Crippen LogP contribution in [-0.2, 0) is 6.42 Å². The van der Waals surface area contributed by atoms with Crippen LogP contribution in [0.5, 0.6) is 0 Å². The van der Waals surface area contributed by atoms with Crippen molar-refractivity contribution in [2.24, 2.45) is 0 Å². The van der Waals surface area contributed by atoms with Crippen molar-refractivity contribution in [1.82, 2.24) is 10.3 Å². The number of hydrogen-bond acceptors (Lipinski definition) is 2. The Kier molecular flexibility index (Phi) is 5.20. The third-order valence-electron chi connectivity index (χ3n) is 2.96. The van der Waals surface area contributed by atoms with Crippen LogP contribution in [0.25, 0.3) is 0 Å². The van der Waals surface area contributed by atoms with Crippen molar-refractivity contribution in [2.45, 2.75) is 19.4 Å². The number of aromatic nitrogens is 1. The molecule has 100 valence electrons. The van der Waals surface area contributed by atoms with Crippen LogP contribution in [0.1, 0.15) is 24.1 Å². The maximum Gasteiger partial charge on any atom is 0.0468 e. The Labute approximate surface area is 123 Å².